The molecule has 2 heterocycles. The molecule has 2 aromatic carbocycles. The van der Waals surface area contributed by atoms with Crippen LogP contribution < -0.4 is 4.90 Å². The highest BCUT2D eigenvalue weighted by atomic mass is 16.2. The molecule has 0 aliphatic carbocycles. The molecule has 0 aromatic heterocycles. The molecule has 0 unspecified atom stereocenters. The Bertz CT molecular complexity index is 868. The van der Waals surface area contributed by atoms with Gasteiger partial charge in [0.2, 0.25) is 5.91 Å². The van der Waals surface area contributed by atoms with E-state index in [9.17, 15) is 4.79 Å². The zero-order valence-electron chi connectivity index (χ0n) is 16.3. The van der Waals surface area contributed by atoms with Crippen molar-refractivity contribution in [2.24, 2.45) is 5.10 Å². The van der Waals surface area contributed by atoms with Crippen molar-refractivity contribution in [1.29, 1.82) is 0 Å². The molecule has 1 fully saturated rings. The molecule has 0 atom stereocenters. The minimum Gasteiger partial charge on any atom is -0.369 e. The van der Waals surface area contributed by atoms with Gasteiger partial charge in [-0.05, 0) is 36.3 Å². The van der Waals surface area contributed by atoms with Gasteiger partial charge in [-0.2, -0.15) is 5.10 Å². The van der Waals surface area contributed by atoms with Crippen molar-refractivity contribution in [1.82, 2.24) is 9.91 Å². The number of para-hydroxylation sites is 1. The number of hydrazone groups is 1. The second-order valence-corrected chi connectivity index (χ2v) is 7.32. The van der Waals surface area contributed by atoms with Crippen molar-refractivity contribution in [3.05, 3.63) is 71.8 Å². The maximum Gasteiger partial charge on any atom is 0.248 e. The minimum atomic E-state index is 0.0678. The lowest BCUT2D eigenvalue weighted by Crippen LogP contribution is -2.50. The molecule has 2 aliphatic heterocycles. The third-order valence-electron chi connectivity index (χ3n) is 5.33. The van der Waals surface area contributed by atoms with Crippen molar-refractivity contribution in [2.45, 2.75) is 13.3 Å². The second kappa shape index (κ2) is 8.40. The van der Waals surface area contributed by atoms with E-state index in [1.165, 1.54) is 5.69 Å². The lowest BCUT2D eigenvalue weighted by Gasteiger charge is -2.38. The highest BCUT2D eigenvalue weighted by Crippen LogP contribution is 2.20. The lowest BCUT2D eigenvalue weighted by molar-refractivity contribution is -0.133. The average molecular weight is 374 g/mol. The zero-order valence-corrected chi connectivity index (χ0v) is 16.3. The van der Waals surface area contributed by atoms with Crippen molar-refractivity contribution in [2.75, 3.05) is 37.7 Å². The quantitative estimate of drug-likeness (QED) is 0.823. The highest BCUT2D eigenvalue weighted by molar-refractivity contribution is 6.08. The number of nitrogens with zero attached hydrogens (tertiary/aromatic N) is 4. The zero-order chi connectivity index (χ0) is 19.3. The second-order valence-electron chi connectivity index (χ2n) is 7.32. The van der Waals surface area contributed by atoms with Gasteiger partial charge < -0.3 is 4.90 Å². The highest BCUT2D eigenvalue weighted by Gasteiger charge is 2.26. The maximum atomic E-state index is 12.6. The SMILES string of the molecule is CC1=NN(CN2CCN(c3ccccc3)CC2)C(=O)C/C1=C\c1ccccc1. The topological polar surface area (TPSA) is 39.1 Å². The molecule has 0 spiro atoms. The smallest absolute Gasteiger partial charge is 0.248 e. The van der Waals surface area contributed by atoms with Crippen LogP contribution >= 0.6 is 0 Å². The van der Waals surface area contributed by atoms with E-state index in [4.69, 9.17) is 0 Å². The van der Waals surface area contributed by atoms with Crippen LogP contribution in [0.3, 0.4) is 0 Å². The van der Waals surface area contributed by atoms with E-state index in [0.29, 0.717) is 13.1 Å². The van der Waals surface area contributed by atoms with Gasteiger partial charge in [-0.3, -0.25) is 9.69 Å². The molecule has 1 saturated heterocycles. The first kappa shape index (κ1) is 18.4. The van der Waals surface area contributed by atoms with Crippen molar-refractivity contribution in [3.63, 3.8) is 0 Å². The third-order valence-corrected chi connectivity index (χ3v) is 5.33. The minimum absolute atomic E-state index is 0.0678. The molecular formula is C23H26N4O. The number of carbonyl (C=O) groups excluding carboxylic acids is 1. The van der Waals surface area contributed by atoms with Crippen LogP contribution in [-0.4, -0.2) is 54.4 Å². The molecule has 5 heteroatoms. The van der Waals surface area contributed by atoms with Gasteiger partial charge in [-0.25, -0.2) is 5.01 Å². The van der Waals surface area contributed by atoms with Crippen molar-refractivity contribution >= 4 is 23.4 Å². The van der Waals surface area contributed by atoms with E-state index in [0.717, 1.165) is 43.0 Å². The molecule has 2 aliphatic rings. The van der Waals surface area contributed by atoms with Gasteiger partial charge in [0.1, 0.15) is 0 Å². The number of amides is 1. The number of rotatable bonds is 4. The van der Waals surface area contributed by atoms with E-state index in [1.54, 1.807) is 5.01 Å². The fourth-order valence-electron chi connectivity index (χ4n) is 3.68. The van der Waals surface area contributed by atoms with E-state index in [-0.39, 0.29) is 5.91 Å². The van der Waals surface area contributed by atoms with Crippen molar-refractivity contribution < 1.29 is 4.79 Å². The number of anilines is 1. The van der Waals surface area contributed by atoms with Gasteiger partial charge in [0.25, 0.3) is 0 Å². The van der Waals surface area contributed by atoms with Crippen LogP contribution in [0.25, 0.3) is 6.08 Å². The molecule has 0 bridgehead atoms. The Hall–Kier alpha value is -2.92. The van der Waals surface area contributed by atoms with Gasteiger partial charge in [0.05, 0.1) is 18.8 Å². The first-order chi connectivity index (χ1) is 13.7. The number of hydrogen-bond donors (Lipinski definition) is 0. The molecular weight excluding hydrogens is 348 g/mol. The molecule has 5 nitrogen and oxygen atoms in total. The van der Waals surface area contributed by atoms with Gasteiger partial charge in [-0.15, -0.1) is 0 Å². The van der Waals surface area contributed by atoms with E-state index < -0.39 is 0 Å². The summed E-state index contributed by atoms with van der Waals surface area (Å²) in [6, 6.07) is 20.6. The summed E-state index contributed by atoms with van der Waals surface area (Å²) in [5.41, 5.74) is 4.29. The fourth-order valence-corrected chi connectivity index (χ4v) is 3.68. The Morgan fingerprint density at radius 3 is 2.25 bits per heavy atom. The van der Waals surface area contributed by atoms with Gasteiger partial charge in [0.15, 0.2) is 0 Å². The normalized spacial score (nSPS) is 19.8. The van der Waals surface area contributed by atoms with Crippen LogP contribution in [0.2, 0.25) is 0 Å². The first-order valence-electron chi connectivity index (χ1n) is 9.83. The van der Waals surface area contributed by atoms with Crippen LogP contribution in [0.4, 0.5) is 5.69 Å². The Kier molecular flexibility index (Phi) is 5.53. The third kappa shape index (κ3) is 4.31. The summed E-state index contributed by atoms with van der Waals surface area (Å²) in [4.78, 5) is 17.3. The lowest BCUT2D eigenvalue weighted by atomic mass is 10.0. The molecule has 4 rings (SSSR count). The Morgan fingerprint density at radius 2 is 1.57 bits per heavy atom. The standard InChI is InChI=1S/C23H26N4O/c1-19-21(16-20-8-4-2-5-9-20)17-23(28)27(24-19)18-25-12-14-26(15-13-25)22-10-6-3-7-11-22/h2-11,16H,12-15,17-18H2,1H3/b21-16+. The van der Waals surface area contributed by atoms with E-state index in [1.807, 2.05) is 43.3 Å². The summed E-state index contributed by atoms with van der Waals surface area (Å²) in [5.74, 6) is 0.0678. The summed E-state index contributed by atoms with van der Waals surface area (Å²) in [6.07, 6.45) is 2.47. The van der Waals surface area contributed by atoms with E-state index >= 15 is 0 Å². The van der Waals surface area contributed by atoms with Crippen molar-refractivity contribution in [3.8, 4) is 0 Å². The predicted octanol–water partition coefficient (Wildman–Crippen LogP) is 3.46. The van der Waals surface area contributed by atoms with Crippen LogP contribution in [0.15, 0.2) is 71.3 Å². The maximum absolute atomic E-state index is 12.6. The molecule has 0 saturated carbocycles. The Balaban J connectivity index is 1.37. The van der Waals surface area contributed by atoms with Crippen LogP contribution in [0, 0.1) is 0 Å². The first-order valence-corrected chi connectivity index (χ1v) is 9.83. The monoisotopic (exact) mass is 374 g/mol. The summed E-state index contributed by atoms with van der Waals surface area (Å²) >= 11 is 0. The molecule has 144 valence electrons. The van der Waals surface area contributed by atoms with Gasteiger partial charge in [-0.1, -0.05) is 48.5 Å². The average Bonchev–Trinajstić information content (AvgIpc) is 2.74. The molecule has 2 aromatic rings. The summed E-state index contributed by atoms with van der Waals surface area (Å²) < 4.78 is 0. The summed E-state index contributed by atoms with van der Waals surface area (Å²) in [7, 11) is 0. The number of hydrogen-bond acceptors (Lipinski definition) is 4. The number of benzene rings is 2. The summed E-state index contributed by atoms with van der Waals surface area (Å²) in [6.45, 7) is 6.35. The molecule has 28 heavy (non-hydrogen) atoms. The largest absolute Gasteiger partial charge is 0.369 e. The molecule has 0 N–H and O–H groups in total. The molecule has 0 radical (unpaired) electrons. The van der Waals surface area contributed by atoms with Gasteiger partial charge in [0, 0.05) is 31.9 Å². The Labute approximate surface area is 166 Å². The Morgan fingerprint density at radius 1 is 0.929 bits per heavy atom. The number of carbonyl (C=O) groups is 1. The van der Waals surface area contributed by atoms with Crippen LogP contribution in [-0.2, 0) is 4.79 Å². The fraction of sp³-hybridized carbons (Fsp3) is 0.304. The van der Waals surface area contributed by atoms with Gasteiger partial charge >= 0.3 is 0 Å². The van der Waals surface area contributed by atoms with E-state index in [2.05, 4.69) is 45.2 Å². The molecule has 1 amide bonds. The number of piperazine rings is 1. The van der Waals surface area contributed by atoms with Crippen LogP contribution in [0.1, 0.15) is 18.9 Å². The predicted molar refractivity (Wildman–Crippen MR) is 114 cm³/mol. The van der Waals surface area contributed by atoms with Crippen LogP contribution in [0.5, 0.6) is 0 Å². The summed E-state index contributed by atoms with van der Waals surface area (Å²) in [5, 5.41) is 6.22.